The number of amides is 3. The van der Waals surface area contributed by atoms with Crippen molar-refractivity contribution in [1.29, 1.82) is 0 Å². The summed E-state index contributed by atoms with van der Waals surface area (Å²) in [5, 5.41) is 19.4. The molecule has 2 aliphatic heterocycles. The third kappa shape index (κ3) is 6.02. The van der Waals surface area contributed by atoms with Gasteiger partial charge in [-0.3, -0.25) is 14.4 Å². The lowest BCUT2D eigenvalue weighted by atomic mass is 9.85. The molecule has 3 heterocycles. The van der Waals surface area contributed by atoms with Crippen molar-refractivity contribution < 1.29 is 19.5 Å². The van der Waals surface area contributed by atoms with E-state index in [4.69, 9.17) is 0 Å². The molecule has 0 unspecified atom stereocenters. The molecular weight excluding hydrogens is 490 g/mol. The Bertz CT molecular complexity index is 1140. The number of carbonyl (C=O) groups is 3. The summed E-state index contributed by atoms with van der Waals surface area (Å²) in [6.45, 7) is 10.8. The van der Waals surface area contributed by atoms with Crippen LogP contribution in [0.4, 0.5) is 0 Å². The van der Waals surface area contributed by atoms with E-state index in [9.17, 15) is 19.5 Å². The Hall–Kier alpha value is -2.82. The van der Waals surface area contributed by atoms with Crippen LogP contribution in [0.25, 0.3) is 10.4 Å². The van der Waals surface area contributed by atoms with E-state index in [1.807, 2.05) is 64.4 Å². The molecular formula is C27H37N5O4S. The molecule has 200 valence electrons. The molecule has 1 aromatic carbocycles. The topological polar surface area (TPSA) is 124 Å². The first-order valence-electron chi connectivity index (χ1n) is 12.8. The molecule has 9 nitrogen and oxygen atoms in total. The minimum Gasteiger partial charge on any atom is -0.391 e. The maximum atomic E-state index is 13.7. The first-order valence-corrected chi connectivity index (χ1v) is 13.6. The van der Waals surface area contributed by atoms with Crippen LogP contribution in [0.3, 0.4) is 0 Å². The summed E-state index contributed by atoms with van der Waals surface area (Å²) in [6, 6.07) is 6.09. The summed E-state index contributed by atoms with van der Waals surface area (Å²) in [5.41, 5.74) is 4.25. The third-order valence-corrected chi connectivity index (χ3v) is 8.17. The largest absolute Gasteiger partial charge is 0.391 e. The number of hydrogen-bond donors (Lipinski definition) is 4. The molecule has 37 heavy (non-hydrogen) atoms. The second-order valence-corrected chi connectivity index (χ2v) is 12.0. The van der Waals surface area contributed by atoms with Gasteiger partial charge in [-0.1, -0.05) is 45.0 Å². The fourth-order valence-electron chi connectivity index (χ4n) is 4.75. The third-order valence-electron chi connectivity index (χ3n) is 7.19. The Morgan fingerprint density at radius 2 is 1.81 bits per heavy atom. The molecule has 2 aliphatic rings. The van der Waals surface area contributed by atoms with Gasteiger partial charge in [-0.05, 0) is 30.4 Å². The van der Waals surface area contributed by atoms with Gasteiger partial charge in [-0.25, -0.2) is 4.98 Å². The number of nitrogens with zero attached hydrogens (tertiary/aromatic N) is 2. The van der Waals surface area contributed by atoms with Gasteiger partial charge in [-0.2, -0.15) is 0 Å². The monoisotopic (exact) mass is 527 g/mol. The van der Waals surface area contributed by atoms with Gasteiger partial charge in [0.1, 0.15) is 12.1 Å². The van der Waals surface area contributed by atoms with Crippen molar-refractivity contribution in [3.05, 3.63) is 41.0 Å². The number of rotatable bonds is 7. The second kappa shape index (κ2) is 10.9. The van der Waals surface area contributed by atoms with Gasteiger partial charge in [-0.15, -0.1) is 11.3 Å². The normalized spacial score (nSPS) is 21.7. The summed E-state index contributed by atoms with van der Waals surface area (Å²) in [7, 11) is 0. The predicted molar refractivity (Wildman–Crippen MR) is 143 cm³/mol. The first-order chi connectivity index (χ1) is 17.5. The molecule has 0 radical (unpaired) electrons. The van der Waals surface area contributed by atoms with Gasteiger partial charge in [0, 0.05) is 26.1 Å². The van der Waals surface area contributed by atoms with Crippen LogP contribution in [0, 0.1) is 18.3 Å². The van der Waals surface area contributed by atoms with Crippen LogP contribution in [-0.4, -0.2) is 70.5 Å². The molecule has 2 fully saturated rings. The molecule has 0 saturated carbocycles. The number of β-amino-alcohol motifs (C(OH)–C–C–N with tert-alkyl or cyclic N) is 1. The SMILES string of the molecule is Cc1ncsc1-c1ccc([C@H](C)NC(=O)[C@H]2C[C@@H](O)CN2C(=O)[C@@H](NC(=O)C2CNC2)C(C)(C)C)cc1. The molecule has 4 N–H and O–H groups in total. The number of thiazole rings is 1. The van der Waals surface area contributed by atoms with Crippen molar-refractivity contribution in [3.8, 4) is 10.4 Å². The number of hydrogen-bond acceptors (Lipinski definition) is 7. The molecule has 10 heteroatoms. The summed E-state index contributed by atoms with van der Waals surface area (Å²) in [6.07, 6.45) is -0.644. The summed E-state index contributed by atoms with van der Waals surface area (Å²) in [4.78, 5) is 46.5. The van der Waals surface area contributed by atoms with Gasteiger partial charge >= 0.3 is 0 Å². The van der Waals surface area contributed by atoms with E-state index in [1.165, 1.54) is 4.90 Å². The van der Waals surface area contributed by atoms with Gasteiger partial charge in [0.2, 0.25) is 17.7 Å². The number of aromatic nitrogens is 1. The van der Waals surface area contributed by atoms with Crippen molar-refractivity contribution in [2.45, 2.75) is 65.3 Å². The fourth-order valence-corrected chi connectivity index (χ4v) is 5.56. The lowest BCUT2D eigenvalue weighted by Crippen LogP contribution is -2.61. The summed E-state index contributed by atoms with van der Waals surface area (Å²) >= 11 is 1.59. The number of aliphatic hydroxyl groups is 1. The van der Waals surface area contributed by atoms with E-state index in [2.05, 4.69) is 20.9 Å². The van der Waals surface area contributed by atoms with E-state index in [0.717, 1.165) is 21.7 Å². The number of benzene rings is 1. The van der Waals surface area contributed by atoms with E-state index in [0.29, 0.717) is 13.1 Å². The standard InChI is InChI=1S/C27H37N5O4S/c1-15(17-6-8-18(9-7-17)22-16(2)29-14-37-22)30-25(35)21-10-20(33)13-32(21)26(36)23(27(3,4)5)31-24(34)19-11-28-12-19/h6-9,14-15,19-21,23,28,33H,10-13H2,1-5H3,(H,30,35)(H,31,34)/t15-,20+,21+,23+/m0/s1. The summed E-state index contributed by atoms with van der Waals surface area (Å²) in [5.74, 6) is -0.991. The molecule has 2 aromatic rings. The molecule has 4 rings (SSSR count). The number of aliphatic hydroxyl groups excluding tert-OH is 1. The smallest absolute Gasteiger partial charge is 0.246 e. The highest BCUT2D eigenvalue weighted by atomic mass is 32.1. The Balaban J connectivity index is 1.45. The van der Waals surface area contributed by atoms with Crippen molar-refractivity contribution in [3.63, 3.8) is 0 Å². The second-order valence-electron chi connectivity index (χ2n) is 11.2. The van der Waals surface area contributed by atoms with Gasteiger partial charge in [0.15, 0.2) is 0 Å². The van der Waals surface area contributed by atoms with Crippen molar-refractivity contribution in [2.75, 3.05) is 19.6 Å². The lowest BCUT2D eigenvalue weighted by molar-refractivity contribution is -0.145. The zero-order valence-corrected chi connectivity index (χ0v) is 22.9. The van der Waals surface area contributed by atoms with Crippen LogP contribution in [0.1, 0.15) is 51.4 Å². The van der Waals surface area contributed by atoms with Gasteiger partial charge in [0.25, 0.3) is 0 Å². The van der Waals surface area contributed by atoms with E-state index >= 15 is 0 Å². The quantitative estimate of drug-likeness (QED) is 0.437. The Morgan fingerprint density at radius 3 is 2.35 bits per heavy atom. The number of aryl methyl sites for hydroxylation is 1. The van der Waals surface area contributed by atoms with Crippen LogP contribution in [0.5, 0.6) is 0 Å². The van der Waals surface area contributed by atoms with Crippen LogP contribution >= 0.6 is 11.3 Å². The fraction of sp³-hybridized carbons (Fsp3) is 0.556. The highest BCUT2D eigenvalue weighted by Gasteiger charge is 2.45. The Morgan fingerprint density at radius 1 is 1.14 bits per heavy atom. The molecule has 1 aromatic heterocycles. The molecule has 4 atom stereocenters. The van der Waals surface area contributed by atoms with Crippen molar-refractivity contribution >= 4 is 29.1 Å². The predicted octanol–water partition coefficient (Wildman–Crippen LogP) is 2.01. The van der Waals surface area contributed by atoms with E-state index in [1.54, 1.807) is 11.3 Å². The van der Waals surface area contributed by atoms with Gasteiger partial charge < -0.3 is 26.0 Å². The minimum absolute atomic E-state index is 0.0572. The highest BCUT2D eigenvalue weighted by molar-refractivity contribution is 7.13. The highest BCUT2D eigenvalue weighted by Crippen LogP contribution is 2.29. The van der Waals surface area contributed by atoms with E-state index in [-0.39, 0.29) is 42.6 Å². The Kier molecular flexibility index (Phi) is 8.01. The van der Waals surface area contributed by atoms with Gasteiger partial charge in [0.05, 0.1) is 34.1 Å². The maximum Gasteiger partial charge on any atom is 0.246 e. The van der Waals surface area contributed by atoms with Crippen LogP contribution in [-0.2, 0) is 14.4 Å². The van der Waals surface area contributed by atoms with Crippen LogP contribution in [0.2, 0.25) is 0 Å². The first kappa shape index (κ1) is 27.2. The summed E-state index contributed by atoms with van der Waals surface area (Å²) < 4.78 is 0. The minimum atomic E-state index is -0.809. The molecule has 0 aliphatic carbocycles. The average Bonchev–Trinajstić information content (AvgIpc) is 3.40. The van der Waals surface area contributed by atoms with E-state index < -0.39 is 23.6 Å². The Labute approximate surface area is 222 Å². The average molecular weight is 528 g/mol. The van der Waals surface area contributed by atoms with Crippen molar-refractivity contribution in [1.82, 2.24) is 25.8 Å². The molecule has 0 spiro atoms. The van der Waals surface area contributed by atoms with Crippen LogP contribution < -0.4 is 16.0 Å². The zero-order chi connectivity index (χ0) is 26.9. The molecule has 2 saturated heterocycles. The number of likely N-dealkylation sites (tertiary alicyclic amines) is 1. The zero-order valence-electron chi connectivity index (χ0n) is 22.1. The molecule has 3 amide bonds. The maximum absolute atomic E-state index is 13.7. The molecule has 0 bridgehead atoms. The number of carbonyl (C=O) groups excluding carboxylic acids is 3. The lowest BCUT2D eigenvalue weighted by Gasteiger charge is -2.37. The van der Waals surface area contributed by atoms with Crippen molar-refractivity contribution in [2.24, 2.45) is 11.3 Å². The number of nitrogens with one attached hydrogen (secondary N) is 3. The van der Waals surface area contributed by atoms with Crippen LogP contribution in [0.15, 0.2) is 29.8 Å².